The molecule has 3 aromatic rings. The van der Waals surface area contributed by atoms with E-state index in [1.807, 2.05) is 38.1 Å². The summed E-state index contributed by atoms with van der Waals surface area (Å²) < 4.78 is 12.8. The van der Waals surface area contributed by atoms with Crippen LogP contribution in [-0.2, 0) is 9.53 Å². The highest BCUT2D eigenvalue weighted by Gasteiger charge is 2.15. The van der Waals surface area contributed by atoms with E-state index in [1.54, 1.807) is 35.6 Å². The average Bonchev–Trinajstić information content (AvgIpc) is 3.12. The second-order valence-corrected chi connectivity index (χ2v) is 8.81. The molecule has 5 nitrogen and oxygen atoms in total. The molecule has 0 amide bonds. The number of fused-ring (bicyclic) bond motifs is 1. The van der Waals surface area contributed by atoms with Gasteiger partial charge in [0.2, 0.25) is 0 Å². The molecule has 0 atom stereocenters. The van der Waals surface area contributed by atoms with Crippen LogP contribution in [0.5, 0.6) is 5.75 Å². The maximum absolute atomic E-state index is 12.2. The number of para-hydroxylation sites is 2. The van der Waals surface area contributed by atoms with Crippen LogP contribution in [0, 0.1) is 5.92 Å². The standard InChI is InChI=1S/C21H21NO4S2/c1-14(2)11-26-20(24)16-7-3-5-9-18(16)25-12-15(23)13-27-21-22-17-8-4-6-10-19(17)28-21/h3-10,14H,11-13H2,1-2H3. The van der Waals surface area contributed by atoms with Crippen molar-refractivity contribution < 1.29 is 19.1 Å². The van der Waals surface area contributed by atoms with Crippen LogP contribution in [0.3, 0.4) is 0 Å². The van der Waals surface area contributed by atoms with Gasteiger partial charge in [0.05, 0.1) is 22.6 Å². The van der Waals surface area contributed by atoms with E-state index < -0.39 is 5.97 Å². The third kappa shape index (κ3) is 5.56. The summed E-state index contributed by atoms with van der Waals surface area (Å²) in [6.45, 7) is 4.17. The van der Waals surface area contributed by atoms with Gasteiger partial charge in [-0.25, -0.2) is 9.78 Å². The van der Waals surface area contributed by atoms with Gasteiger partial charge in [0, 0.05) is 0 Å². The van der Waals surface area contributed by atoms with E-state index in [-0.39, 0.29) is 24.1 Å². The number of carbonyl (C=O) groups is 2. The Morgan fingerprint density at radius 3 is 2.64 bits per heavy atom. The summed E-state index contributed by atoms with van der Waals surface area (Å²) in [5, 5.41) is 0. The predicted octanol–water partition coefficient (Wildman–Crippen LogP) is 4.85. The molecule has 146 valence electrons. The van der Waals surface area contributed by atoms with Crippen LogP contribution in [0.1, 0.15) is 24.2 Å². The number of benzene rings is 2. The van der Waals surface area contributed by atoms with Crippen LogP contribution < -0.4 is 4.74 Å². The van der Waals surface area contributed by atoms with Crippen molar-refractivity contribution in [3.63, 3.8) is 0 Å². The van der Waals surface area contributed by atoms with Crippen LogP contribution >= 0.6 is 23.1 Å². The van der Waals surface area contributed by atoms with Gasteiger partial charge in [0.1, 0.15) is 17.9 Å². The maximum atomic E-state index is 12.2. The van der Waals surface area contributed by atoms with Crippen molar-refractivity contribution in [1.82, 2.24) is 4.98 Å². The third-order valence-corrected chi connectivity index (χ3v) is 5.91. The summed E-state index contributed by atoms with van der Waals surface area (Å²) in [6.07, 6.45) is 0. The third-order valence-electron chi connectivity index (χ3n) is 3.67. The van der Waals surface area contributed by atoms with Gasteiger partial charge in [-0.2, -0.15) is 0 Å². The van der Waals surface area contributed by atoms with Gasteiger partial charge in [0.15, 0.2) is 10.1 Å². The molecule has 1 heterocycles. The van der Waals surface area contributed by atoms with Gasteiger partial charge < -0.3 is 9.47 Å². The second kappa shape index (κ2) is 9.71. The van der Waals surface area contributed by atoms with E-state index in [4.69, 9.17) is 9.47 Å². The zero-order valence-electron chi connectivity index (χ0n) is 15.7. The first-order valence-electron chi connectivity index (χ1n) is 8.92. The van der Waals surface area contributed by atoms with Gasteiger partial charge >= 0.3 is 5.97 Å². The summed E-state index contributed by atoms with van der Waals surface area (Å²) in [5.41, 5.74) is 1.27. The van der Waals surface area contributed by atoms with E-state index in [9.17, 15) is 9.59 Å². The summed E-state index contributed by atoms with van der Waals surface area (Å²) >= 11 is 2.96. The highest BCUT2D eigenvalue weighted by Crippen LogP contribution is 2.29. The fraction of sp³-hybridized carbons (Fsp3) is 0.286. The molecule has 3 rings (SSSR count). The van der Waals surface area contributed by atoms with E-state index >= 15 is 0 Å². The summed E-state index contributed by atoms with van der Waals surface area (Å²) in [7, 11) is 0. The fourth-order valence-corrected chi connectivity index (χ4v) is 4.25. The minimum absolute atomic E-state index is 0.0744. The maximum Gasteiger partial charge on any atom is 0.341 e. The lowest BCUT2D eigenvalue weighted by molar-refractivity contribution is -0.118. The van der Waals surface area contributed by atoms with Crippen molar-refractivity contribution in [1.29, 1.82) is 0 Å². The molecular weight excluding hydrogens is 394 g/mol. The molecule has 28 heavy (non-hydrogen) atoms. The minimum atomic E-state index is -0.444. The Hall–Kier alpha value is -2.38. The number of thiazole rings is 1. The van der Waals surface area contributed by atoms with Gasteiger partial charge in [-0.1, -0.05) is 49.9 Å². The molecule has 0 aliphatic rings. The molecule has 0 saturated carbocycles. The first kappa shape index (κ1) is 20.4. The zero-order valence-corrected chi connectivity index (χ0v) is 17.3. The van der Waals surface area contributed by atoms with Crippen LogP contribution in [-0.4, -0.2) is 35.7 Å². The van der Waals surface area contributed by atoms with Crippen LogP contribution in [0.15, 0.2) is 52.9 Å². The number of ketones is 1. The van der Waals surface area contributed by atoms with Crippen LogP contribution in [0.2, 0.25) is 0 Å². The molecule has 0 aliphatic heterocycles. The van der Waals surface area contributed by atoms with Crippen LogP contribution in [0.25, 0.3) is 10.2 Å². The number of hydrogen-bond donors (Lipinski definition) is 0. The lowest BCUT2D eigenvalue weighted by Crippen LogP contribution is -2.16. The van der Waals surface area contributed by atoms with Crippen molar-refractivity contribution in [2.24, 2.45) is 5.92 Å². The Balaban J connectivity index is 1.53. The molecule has 0 radical (unpaired) electrons. The molecule has 2 aromatic carbocycles. The SMILES string of the molecule is CC(C)COC(=O)c1ccccc1OCC(=O)CSc1nc2ccccc2s1. The summed E-state index contributed by atoms with van der Waals surface area (Å²) in [6, 6.07) is 14.7. The topological polar surface area (TPSA) is 65.5 Å². The van der Waals surface area contributed by atoms with E-state index in [2.05, 4.69) is 4.98 Å². The largest absolute Gasteiger partial charge is 0.485 e. The predicted molar refractivity (Wildman–Crippen MR) is 112 cm³/mol. The second-order valence-electron chi connectivity index (χ2n) is 6.55. The monoisotopic (exact) mass is 415 g/mol. The molecule has 0 spiro atoms. The highest BCUT2D eigenvalue weighted by molar-refractivity contribution is 8.01. The minimum Gasteiger partial charge on any atom is -0.485 e. The quantitative estimate of drug-likeness (QED) is 0.368. The molecule has 0 aliphatic carbocycles. The number of hydrogen-bond acceptors (Lipinski definition) is 7. The molecule has 0 N–H and O–H groups in total. The van der Waals surface area contributed by atoms with Gasteiger partial charge in [0.25, 0.3) is 0 Å². The smallest absolute Gasteiger partial charge is 0.341 e. The number of nitrogens with zero attached hydrogens (tertiary/aromatic N) is 1. The molecule has 1 aromatic heterocycles. The van der Waals surface area contributed by atoms with Crippen molar-refractivity contribution in [3.8, 4) is 5.75 Å². The lowest BCUT2D eigenvalue weighted by atomic mass is 10.2. The number of carbonyl (C=O) groups excluding carboxylic acids is 2. The number of ether oxygens (including phenoxy) is 2. The number of Topliss-reactive ketones (excluding diaryl/α,β-unsaturated/α-hetero) is 1. The Morgan fingerprint density at radius 1 is 1.11 bits per heavy atom. The molecule has 7 heteroatoms. The van der Waals surface area contributed by atoms with Gasteiger partial charge in [-0.05, 0) is 30.2 Å². The number of thioether (sulfide) groups is 1. The van der Waals surface area contributed by atoms with Crippen molar-refractivity contribution >= 4 is 45.1 Å². The number of rotatable bonds is 9. The van der Waals surface area contributed by atoms with E-state index in [0.29, 0.717) is 17.9 Å². The summed E-state index contributed by atoms with van der Waals surface area (Å²) in [4.78, 5) is 28.9. The Kier molecular flexibility index (Phi) is 7.06. The molecule has 0 saturated heterocycles. The van der Waals surface area contributed by atoms with E-state index in [1.165, 1.54) is 11.8 Å². The Morgan fingerprint density at radius 2 is 1.86 bits per heavy atom. The average molecular weight is 416 g/mol. The van der Waals surface area contributed by atoms with Crippen LogP contribution in [0.4, 0.5) is 0 Å². The van der Waals surface area contributed by atoms with Crippen molar-refractivity contribution in [2.45, 2.75) is 18.2 Å². The fourth-order valence-electron chi connectivity index (χ4n) is 2.34. The van der Waals surface area contributed by atoms with Gasteiger partial charge in [-0.3, -0.25) is 4.79 Å². The normalized spacial score (nSPS) is 11.0. The van der Waals surface area contributed by atoms with Crippen molar-refractivity contribution in [2.75, 3.05) is 19.0 Å². The summed E-state index contributed by atoms with van der Waals surface area (Å²) in [5.74, 6) is 0.350. The lowest BCUT2D eigenvalue weighted by Gasteiger charge is -2.11. The highest BCUT2D eigenvalue weighted by atomic mass is 32.2. The first-order chi connectivity index (χ1) is 13.5. The Bertz CT molecular complexity index is 935. The van der Waals surface area contributed by atoms with Crippen molar-refractivity contribution in [3.05, 3.63) is 54.1 Å². The molecular formula is C21H21NO4S2. The molecule has 0 bridgehead atoms. The first-order valence-corrected chi connectivity index (χ1v) is 10.7. The molecule has 0 fully saturated rings. The van der Waals surface area contributed by atoms with Gasteiger partial charge in [-0.15, -0.1) is 11.3 Å². The Labute approximate surface area is 172 Å². The molecule has 0 unspecified atom stereocenters. The zero-order chi connectivity index (χ0) is 19.9. The number of esters is 1. The number of aromatic nitrogens is 1. The van der Waals surface area contributed by atoms with E-state index in [0.717, 1.165) is 14.6 Å².